The number of sulfonamides is 1. The van der Waals surface area contributed by atoms with E-state index >= 15 is 0 Å². The maximum absolute atomic E-state index is 12.7. The topological polar surface area (TPSA) is 95.5 Å². The average molecular weight is 427 g/mol. The van der Waals surface area contributed by atoms with E-state index in [9.17, 15) is 18.3 Å². The Bertz CT molecular complexity index is 839. The Hall–Kier alpha value is -1.90. The predicted octanol–water partition coefficient (Wildman–Crippen LogP) is 1.49. The van der Waals surface area contributed by atoms with Crippen molar-refractivity contribution >= 4 is 31.9 Å². The van der Waals surface area contributed by atoms with E-state index in [4.69, 9.17) is 4.74 Å². The van der Waals surface area contributed by atoms with Gasteiger partial charge in [0.25, 0.3) is 0 Å². The number of rotatable bonds is 8. The van der Waals surface area contributed by atoms with Crippen LogP contribution in [0.4, 0.5) is 0 Å². The standard InChI is InChI=1S/C17H18BrNO5S/c1-2-24-15-9-8-13(18)11-16(15)25(22,23)19-14(17(20)21)10-12-6-4-3-5-7-12/h3-9,11,14,19H,2,10H2,1H3,(H,20,21)/p-1/t14-/m1/s1. The van der Waals surface area contributed by atoms with Crippen LogP contribution < -0.4 is 14.6 Å². The molecular weight excluding hydrogens is 410 g/mol. The lowest BCUT2D eigenvalue weighted by atomic mass is 10.1. The van der Waals surface area contributed by atoms with E-state index in [0.29, 0.717) is 10.0 Å². The van der Waals surface area contributed by atoms with E-state index in [2.05, 4.69) is 20.7 Å². The van der Waals surface area contributed by atoms with Crippen LogP contribution in [0.15, 0.2) is 57.9 Å². The van der Waals surface area contributed by atoms with E-state index in [0.717, 1.165) is 0 Å². The van der Waals surface area contributed by atoms with Gasteiger partial charge in [0.15, 0.2) is 0 Å². The van der Waals surface area contributed by atoms with E-state index in [-0.39, 0.29) is 23.7 Å². The second kappa shape index (κ2) is 8.46. The summed E-state index contributed by atoms with van der Waals surface area (Å²) in [7, 11) is -4.13. The number of halogens is 1. The van der Waals surface area contributed by atoms with E-state index in [1.807, 2.05) is 0 Å². The minimum absolute atomic E-state index is 0.0274. The summed E-state index contributed by atoms with van der Waals surface area (Å²) >= 11 is 3.21. The summed E-state index contributed by atoms with van der Waals surface area (Å²) in [6.07, 6.45) is -0.0274. The van der Waals surface area contributed by atoms with Gasteiger partial charge in [-0.05, 0) is 37.1 Å². The molecule has 0 aliphatic heterocycles. The first-order valence-electron chi connectivity index (χ1n) is 7.53. The SMILES string of the molecule is CCOc1ccc(Br)cc1S(=O)(=O)N[C@H](Cc1ccccc1)C(=O)[O-]. The van der Waals surface area contributed by atoms with E-state index in [1.54, 1.807) is 43.3 Å². The summed E-state index contributed by atoms with van der Waals surface area (Å²) in [6, 6.07) is 11.8. The van der Waals surface area contributed by atoms with Crippen molar-refractivity contribution in [3.63, 3.8) is 0 Å². The van der Waals surface area contributed by atoms with Crippen LogP contribution in [0.1, 0.15) is 12.5 Å². The van der Waals surface area contributed by atoms with Crippen LogP contribution in [0.25, 0.3) is 0 Å². The van der Waals surface area contributed by atoms with Gasteiger partial charge in [0, 0.05) is 4.47 Å². The van der Waals surface area contributed by atoms with Crippen molar-refractivity contribution in [1.29, 1.82) is 0 Å². The number of nitrogens with one attached hydrogen (secondary N) is 1. The zero-order chi connectivity index (χ0) is 18.4. The molecule has 1 atom stereocenters. The molecule has 0 saturated carbocycles. The number of ether oxygens (including phenoxy) is 1. The van der Waals surface area contributed by atoms with Gasteiger partial charge in [0.1, 0.15) is 10.6 Å². The summed E-state index contributed by atoms with van der Waals surface area (Å²) in [4.78, 5) is 11.3. The molecule has 0 amide bonds. The van der Waals surface area contributed by atoms with Crippen LogP contribution in [0, 0.1) is 0 Å². The second-order valence-electron chi connectivity index (χ2n) is 5.21. The van der Waals surface area contributed by atoms with Crippen molar-refractivity contribution in [3.05, 3.63) is 58.6 Å². The highest BCUT2D eigenvalue weighted by Gasteiger charge is 2.25. The highest BCUT2D eigenvalue weighted by atomic mass is 79.9. The molecule has 2 aromatic rings. The van der Waals surface area contributed by atoms with Crippen molar-refractivity contribution in [3.8, 4) is 5.75 Å². The molecule has 0 saturated heterocycles. The van der Waals surface area contributed by atoms with Gasteiger partial charge in [-0.2, -0.15) is 0 Å². The van der Waals surface area contributed by atoms with Crippen LogP contribution >= 0.6 is 15.9 Å². The Labute approximate surface area is 155 Å². The summed E-state index contributed by atoms with van der Waals surface area (Å²) in [5.41, 5.74) is 0.679. The molecule has 0 aliphatic carbocycles. The lowest BCUT2D eigenvalue weighted by Crippen LogP contribution is -2.49. The van der Waals surface area contributed by atoms with Gasteiger partial charge in [-0.15, -0.1) is 0 Å². The van der Waals surface area contributed by atoms with Gasteiger partial charge >= 0.3 is 0 Å². The third-order valence-electron chi connectivity index (χ3n) is 3.36. The highest BCUT2D eigenvalue weighted by molar-refractivity contribution is 9.10. The minimum atomic E-state index is -4.13. The predicted molar refractivity (Wildman–Crippen MR) is 94.6 cm³/mol. The first kappa shape index (κ1) is 19.4. The van der Waals surface area contributed by atoms with Crippen LogP contribution in [0.3, 0.4) is 0 Å². The quantitative estimate of drug-likeness (QED) is 0.689. The first-order chi connectivity index (χ1) is 11.8. The first-order valence-corrected chi connectivity index (χ1v) is 9.80. The van der Waals surface area contributed by atoms with E-state index < -0.39 is 22.0 Å². The Morgan fingerprint density at radius 3 is 2.52 bits per heavy atom. The fourth-order valence-electron chi connectivity index (χ4n) is 2.24. The van der Waals surface area contributed by atoms with Gasteiger partial charge in [-0.3, -0.25) is 0 Å². The Kier molecular flexibility index (Phi) is 6.57. The van der Waals surface area contributed by atoms with Crippen molar-refractivity contribution in [2.45, 2.75) is 24.3 Å². The zero-order valence-electron chi connectivity index (χ0n) is 13.4. The average Bonchev–Trinajstić information content (AvgIpc) is 2.56. The number of carbonyl (C=O) groups excluding carboxylic acids is 1. The van der Waals surface area contributed by atoms with Gasteiger partial charge in [0.2, 0.25) is 10.0 Å². The fraction of sp³-hybridized carbons (Fsp3) is 0.235. The molecule has 1 N–H and O–H groups in total. The Morgan fingerprint density at radius 1 is 1.24 bits per heavy atom. The molecule has 2 rings (SSSR count). The molecule has 25 heavy (non-hydrogen) atoms. The highest BCUT2D eigenvalue weighted by Crippen LogP contribution is 2.27. The lowest BCUT2D eigenvalue weighted by Gasteiger charge is -2.21. The van der Waals surface area contributed by atoms with Crippen molar-refractivity contribution < 1.29 is 23.1 Å². The number of hydrogen-bond donors (Lipinski definition) is 1. The van der Waals surface area contributed by atoms with Gasteiger partial charge in [0.05, 0.1) is 18.6 Å². The second-order valence-corrected chi connectivity index (χ2v) is 7.80. The molecule has 0 heterocycles. The Balaban J connectivity index is 2.32. The third kappa shape index (κ3) is 5.29. The summed E-state index contributed by atoms with van der Waals surface area (Å²) < 4.78 is 33.4. The monoisotopic (exact) mass is 426 g/mol. The summed E-state index contributed by atoms with van der Waals surface area (Å²) in [5, 5.41) is 11.4. The molecule has 0 aliphatic rings. The van der Waals surface area contributed by atoms with Crippen LogP contribution in [0.5, 0.6) is 5.75 Å². The number of hydrogen-bond acceptors (Lipinski definition) is 5. The largest absolute Gasteiger partial charge is 0.548 e. The third-order valence-corrected chi connectivity index (χ3v) is 5.35. The van der Waals surface area contributed by atoms with Crippen LogP contribution in [-0.2, 0) is 21.2 Å². The zero-order valence-corrected chi connectivity index (χ0v) is 15.8. The molecule has 0 unspecified atom stereocenters. The molecule has 0 spiro atoms. The number of carboxylic acid groups (broad SMARTS) is 1. The molecule has 0 bridgehead atoms. The lowest BCUT2D eigenvalue weighted by molar-refractivity contribution is -0.307. The summed E-state index contributed by atoms with van der Waals surface area (Å²) in [5.74, 6) is -1.35. The molecule has 134 valence electrons. The van der Waals surface area contributed by atoms with Gasteiger partial charge < -0.3 is 14.6 Å². The maximum atomic E-state index is 12.7. The van der Waals surface area contributed by atoms with Gasteiger partial charge in [-0.25, -0.2) is 13.1 Å². The van der Waals surface area contributed by atoms with E-state index in [1.165, 1.54) is 12.1 Å². The van der Waals surface area contributed by atoms with Crippen LogP contribution in [0.2, 0.25) is 0 Å². The maximum Gasteiger partial charge on any atom is 0.244 e. The number of carbonyl (C=O) groups is 1. The minimum Gasteiger partial charge on any atom is -0.548 e. The number of benzene rings is 2. The van der Waals surface area contributed by atoms with Crippen molar-refractivity contribution in [2.75, 3.05) is 6.61 Å². The number of carboxylic acids is 1. The molecule has 0 fully saturated rings. The Morgan fingerprint density at radius 2 is 1.92 bits per heavy atom. The smallest absolute Gasteiger partial charge is 0.244 e. The molecule has 8 heteroatoms. The summed E-state index contributed by atoms with van der Waals surface area (Å²) in [6.45, 7) is 2.00. The van der Waals surface area contributed by atoms with Crippen LogP contribution in [-0.4, -0.2) is 27.0 Å². The van der Waals surface area contributed by atoms with Crippen molar-refractivity contribution in [1.82, 2.24) is 4.72 Å². The molecule has 2 aromatic carbocycles. The molecule has 0 aromatic heterocycles. The molecular formula is C17H17BrNO5S-. The van der Waals surface area contributed by atoms with Crippen molar-refractivity contribution in [2.24, 2.45) is 0 Å². The van der Waals surface area contributed by atoms with Gasteiger partial charge in [-0.1, -0.05) is 46.3 Å². The molecule has 0 radical (unpaired) electrons. The number of aliphatic carboxylic acids is 1. The fourth-order valence-corrected chi connectivity index (χ4v) is 4.11. The normalized spacial score (nSPS) is 12.6. The molecule has 6 nitrogen and oxygen atoms in total.